The Kier molecular flexibility index (Phi) is 2.91. The Bertz CT molecular complexity index is 438. The summed E-state index contributed by atoms with van der Waals surface area (Å²) in [5, 5.41) is 8.38. The van der Waals surface area contributed by atoms with Crippen molar-refractivity contribution in [3.8, 4) is 11.4 Å². The van der Waals surface area contributed by atoms with Crippen LogP contribution in [0.25, 0.3) is 5.69 Å². The van der Waals surface area contributed by atoms with Crippen molar-refractivity contribution < 1.29 is 4.74 Å². The lowest BCUT2D eigenvalue weighted by molar-refractivity contribution is 0.340. The van der Waals surface area contributed by atoms with Gasteiger partial charge < -0.3 is 4.74 Å². The van der Waals surface area contributed by atoms with E-state index in [1.54, 1.807) is 10.9 Å². The van der Waals surface area contributed by atoms with Crippen LogP contribution >= 0.6 is 12.6 Å². The van der Waals surface area contributed by atoms with Crippen molar-refractivity contribution in [1.82, 2.24) is 15.0 Å². The van der Waals surface area contributed by atoms with Crippen molar-refractivity contribution in [3.63, 3.8) is 0 Å². The first-order valence-corrected chi connectivity index (χ1v) is 5.09. The third-order valence-corrected chi connectivity index (χ3v) is 2.23. The van der Waals surface area contributed by atoms with E-state index in [1.807, 2.05) is 31.2 Å². The molecule has 0 aliphatic carbocycles. The molecule has 78 valence electrons. The molecule has 2 rings (SSSR count). The first kappa shape index (κ1) is 10.0. The zero-order valence-corrected chi connectivity index (χ0v) is 9.19. The monoisotopic (exact) mass is 221 g/mol. The molecule has 1 heterocycles. The number of rotatable bonds is 3. The van der Waals surface area contributed by atoms with Crippen LogP contribution in [0, 0.1) is 0 Å². The van der Waals surface area contributed by atoms with Crippen LogP contribution in [-0.4, -0.2) is 21.6 Å². The van der Waals surface area contributed by atoms with Gasteiger partial charge in [-0.25, -0.2) is 4.68 Å². The smallest absolute Gasteiger partial charge is 0.119 e. The first-order chi connectivity index (χ1) is 7.31. The molecule has 1 aromatic carbocycles. The predicted octanol–water partition coefficient (Wildman–Crippen LogP) is 1.95. The summed E-state index contributed by atoms with van der Waals surface area (Å²) in [4.78, 5) is 0. The van der Waals surface area contributed by atoms with Gasteiger partial charge in [-0.05, 0) is 31.2 Å². The van der Waals surface area contributed by atoms with E-state index < -0.39 is 0 Å². The predicted molar refractivity (Wildman–Crippen MR) is 59.8 cm³/mol. The minimum atomic E-state index is 0.667. The van der Waals surface area contributed by atoms with Crippen molar-refractivity contribution in [2.24, 2.45) is 0 Å². The molecule has 0 aliphatic rings. The average Bonchev–Trinajstić information content (AvgIpc) is 2.66. The Morgan fingerprint density at radius 2 is 2.07 bits per heavy atom. The van der Waals surface area contributed by atoms with E-state index in [2.05, 4.69) is 22.9 Å². The van der Waals surface area contributed by atoms with Crippen LogP contribution in [0.2, 0.25) is 0 Å². The minimum absolute atomic E-state index is 0.667. The molecule has 0 aliphatic heterocycles. The van der Waals surface area contributed by atoms with Gasteiger partial charge in [0.2, 0.25) is 0 Å². The van der Waals surface area contributed by atoms with Gasteiger partial charge in [-0.3, -0.25) is 0 Å². The second-order valence-electron chi connectivity index (χ2n) is 2.93. The number of thiol groups is 1. The Morgan fingerprint density at radius 1 is 1.33 bits per heavy atom. The Morgan fingerprint density at radius 3 is 2.60 bits per heavy atom. The maximum Gasteiger partial charge on any atom is 0.119 e. The van der Waals surface area contributed by atoms with Crippen LogP contribution < -0.4 is 4.74 Å². The fourth-order valence-corrected chi connectivity index (χ4v) is 1.47. The maximum absolute atomic E-state index is 5.34. The number of hydrogen-bond donors (Lipinski definition) is 1. The van der Waals surface area contributed by atoms with Gasteiger partial charge in [-0.15, -0.1) is 17.7 Å². The van der Waals surface area contributed by atoms with Crippen LogP contribution in [-0.2, 0) is 0 Å². The lowest BCUT2D eigenvalue weighted by Gasteiger charge is -2.05. The third kappa shape index (κ3) is 2.12. The molecule has 2 aromatic rings. The summed E-state index contributed by atoms with van der Waals surface area (Å²) < 4.78 is 7.00. The number of ether oxygens (including phenoxy) is 1. The largest absolute Gasteiger partial charge is 0.494 e. The van der Waals surface area contributed by atoms with Crippen LogP contribution in [0.1, 0.15) is 6.92 Å². The molecule has 0 amide bonds. The van der Waals surface area contributed by atoms with Gasteiger partial charge in [-0.2, -0.15) is 0 Å². The number of nitrogens with zero attached hydrogens (tertiary/aromatic N) is 3. The Labute approximate surface area is 93.3 Å². The lowest BCUT2D eigenvalue weighted by atomic mass is 10.3. The second kappa shape index (κ2) is 4.35. The van der Waals surface area contributed by atoms with Crippen molar-refractivity contribution in [2.45, 2.75) is 11.9 Å². The van der Waals surface area contributed by atoms with Crippen molar-refractivity contribution in [2.75, 3.05) is 6.61 Å². The van der Waals surface area contributed by atoms with Crippen molar-refractivity contribution in [1.29, 1.82) is 0 Å². The van der Waals surface area contributed by atoms with Crippen molar-refractivity contribution in [3.05, 3.63) is 30.5 Å². The number of aromatic nitrogens is 3. The highest BCUT2D eigenvalue weighted by Crippen LogP contribution is 2.16. The fourth-order valence-electron chi connectivity index (χ4n) is 1.26. The average molecular weight is 221 g/mol. The van der Waals surface area contributed by atoms with Gasteiger partial charge in [0.25, 0.3) is 0 Å². The van der Waals surface area contributed by atoms with Crippen LogP contribution in [0.15, 0.2) is 35.5 Å². The van der Waals surface area contributed by atoms with Gasteiger partial charge in [0.1, 0.15) is 10.8 Å². The molecule has 0 bridgehead atoms. The van der Waals surface area contributed by atoms with E-state index in [-0.39, 0.29) is 0 Å². The molecule has 0 spiro atoms. The summed E-state index contributed by atoms with van der Waals surface area (Å²) in [5.41, 5.74) is 0.918. The van der Waals surface area contributed by atoms with E-state index >= 15 is 0 Å². The van der Waals surface area contributed by atoms with Gasteiger partial charge in [0.05, 0.1) is 18.5 Å². The molecule has 4 nitrogen and oxygen atoms in total. The summed E-state index contributed by atoms with van der Waals surface area (Å²) in [6.07, 6.45) is 1.60. The van der Waals surface area contributed by atoms with Gasteiger partial charge in [-0.1, -0.05) is 5.21 Å². The first-order valence-electron chi connectivity index (χ1n) is 4.64. The van der Waals surface area contributed by atoms with E-state index in [0.717, 1.165) is 11.4 Å². The summed E-state index contributed by atoms with van der Waals surface area (Å²) in [6, 6.07) is 7.63. The molecule has 5 heteroatoms. The van der Waals surface area contributed by atoms with Gasteiger partial charge in [0.15, 0.2) is 0 Å². The molecule has 0 atom stereocenters. The quantitative estimate of drug-likeness (QED) is 0.805. The second-order valence-corrected chi connectivity index (χ2v) is 3.39. The summed E-state index contributed by atoms with van der Waals surface area (Å²) in [6.45, 7) is 2.62. The van der Waals surface area contributed by atoms with Crippen LogP contribution in [0.4, 0.5) is 0 Å². The number of benzene rings is 1. The van der Waals surface area contributed by atoms with Gasteiger partial charge in [0, 0.05) is 0 Å². The molecule has 0 saturated heterocycles. The molecular formula is C10H11N3OS. The zero-order chi connectivity index (χ0) is 10.7. The van der Waals surface area contributed by atoms with E-state index in [0.29, 0.717) is 11.6 Å². The number of hydrogen-bond acceptors (Lipinski definition) is 4. The summed E-state index contributed by atoms with van der Waals surface area (Å²) >= 11 is 4.23. The molecule has 0 unspecified atom stereocenters. The van der Waals surface area contributed by atoms with Crippen LogP contribution in [0.5, 0.6) is 5.75 Å². The molecule has 0 saturated carbocycles. The summed E-state index contributed by atoms with van der Waals surface area (Å²) in [7, 11) is 0. The topological polar surface area (TPSA) is 39.9 Å². The summed E-state index contributed by atoms with van der Waals surface area (Å²) in [5.74, 6) is 0.849. The highest BCUT2D eigenvalue weighted by atomic mass is 32.1. The molecule has 0 fully saturated rings. The standard InChI is InChI=1S/C10H11N3OS/c1-2-14-9-5-3-8(4-6-9)13-10(15)7-11-12-13/h3-7,15H,2H2,1H3. The third-order valence-electron chi connectivity index (χ3n) is 1.92. The SMILES string of the molecule is CCOc1ccc(-n2nncc2S)cc1. The zero-order valence-electron chi connectivity index (χ0n) is 8.29. The van der Waals surface area contributed by atoms with Crippen LogP contribution in [0.3, 0.4) is 0 Å². The molecule has 15 heavy (non-hydrogen) atoms. The van der Waals surface area contributed by atoms with Gasteiger partial charge >= 0.3 is 0 Å². The molecule has 1 aromatic heterocycles. The normalized spacial score (nSPS) is 10.3. The van der Waals surface area contributed by atoms with E-state index in [1.165, 1.54) is 0 Å². The molecule has 0 N–H and O–H groups in total. The highest BCUT2D eigenvalue weighted by Gasteiger charge is 2.02. The van der Waals surface area contributed by atoms with E-state index in [9.17, 15) is 0 Å². The van der Waals surface area contributed by atoms with E-state index in [4.69, 9.17) is 4.74 Å². The minimum Gasteiger partial charge on any atom is -0.494 e. The molecule has 0 radical (unpaired) electrons. The Balaban J connectivity index is 2.28. The Hall–Kier alpha value is -1.49. The van der Waals surface area contributed by atoms with Crippen molar-refractivity contribution >= 4 is 12.6 Å². The lowest BCUT2D eigenvalue weighted by Crippen LogP contribution is -1.97. The fraction of sp³-hybridized carbons (Fsp3) is 0.200. The maximum atomic E-state index is 5.34. The highest BCUT2D eigenvalue weighted by molar-refractivity contribution is 7.80. The molecular weight excluding hydrogens is 210 g/mol.